The smallest absolute Gasteiger partial charge is 0.254 e. The Labute approximate surface area is 147 Å². The summed E-state index contributed by atoms with van der Waals surface area (Å²) in [7, 11) is 0. The average Bonchev–Trinajstić information content (AvgIpc) is 3.45. The first-order valence-corrected chi connectivity index (χ1v) is 9.18. The Hall–Kier alpha value is -2.01. The molecular formula is C20H24FN3O. The van der Waals surface area contributed by atoms with E-state index in [0.29, 0.717) is 34.8 Å². The first-order chi connectivity index (χ1) is 12.0. The van der Waals surface area contributed by atoms with Crippen molar-refractivity contribution in [2.45, 2.75) is 44.6 Å². The Balaban J connectivity index is 1.73. The molecule has 2 atom stereocenters. The molecule has 0 radical (unpaired) electrons. The van der Waals surface area contributed by atoms with E-state index in [4.69, 9.17) is 5.73 Å². The number of aromatic nitrogens is 1. The molecule has 2 unspecified atom stereocenters. The van der Waals surface area contributed by atoms with Gasteiger partial charge in [-0.25, -0.2) is 4.39 Å². The Morgan fingerprint density at radius 3 is 2.84 bits per heavy atom. The highest BCUT2D eigenvalue weighted by Gasteiger charge is 2.30. The van der Waals surface area contributed by atoms with Crippen LogP contribution in [0.1, 0.15) is 54.6 Å². The number of rotatable bonds is 3. The van der Waals surface area contributed by atoms with Gasteiger partial charge in [-0.15, -0.1) is 0 Å². The molecule has 4 nitrogen and oxygen atoms in total. The van der Waals surface area contributed by atoms with Crippen LogP contribution in [0.4, 0.5) is 4.39 Å². The number of amides is 1. The van der Waals surface area contributed by atoms with E-state index >= 15 is 0 Å². The zero-order valence-electron chi connectivity index (χ0n) is 14.5. The fourth-order valence-corrected chi connectivity index (χ4v) is 3.78. The second kappa shape index (κ2) is 6.37. The van der Waals surface area contributed by atoms with Crippen molar-refractivity contribution in [3.63, 3.8) is 0 Å². The molecule has 1 saturated carbocycles. The Kier molecular flexibility index (Phi) is 4.20. The summed E-state index contributed by atoms with van der Waals surface area (Å²) in [5.74, 6) is 0.407. The molecule has 2 heterocycles. The molecule has 2 N–H and O–H groups in total. The monoisotopic (exact) mass is 341 g/mol. The maximum atomic E-state index is 13.8. The van der Waals surface area contributed by atoms with Crippen LogP contribution in [0.25, 0.3) is 10.9 Å². The molecule has 4 rings (SSSR count). The van der Waals surface area contributed by atoms with Crippen molar-refractivity contribution in [1.82, 2.24) is 9.88 Å². The molecule has 1 saturated heterocycles. The molecule has 5 heteroatoms. The highest BCUT2D eigenvalue weighted by Crippen LogP contribution is 2.40. The maximum Gasteiger partial charge on any atom is 0.254 e. The minimum absolute atomic E-state index is 0.0229. The summed E-state index contributed by atoms with van der Waals surface area (Å²) in [5, 5.41) is 0.609. The lowest BCUT2D eigenvalue weighted by atomic mass is 9.91. The van der Waals surface area contributed by atoms with Gasteiger partial charge in [0.15, 0.2) is 0 Å². The molecule has 1 aromatic carbocycles. The minimum atomic E-state index is -0.338. The van der Waals surface area contributed by atoms with E-state index in [1.807, 2.05) is 17.9 Å². The summed E-state index contributed by atoms with van der Waals surface area (Å²) in [6.45, 7) is 3.41. The van der Waals surface area contributed by atoms with E-state index in [1.54, 1.807) is 6.07 Å². The Morgan fingerprint density at radius 2 is 2.12 bits per heavy atom. The van der Waals surface area contributed by atoms with Crippen molar-refractivity contribution in [3.05, 3.63) is 41.3 Å². The summed E-state index contributed by atoms with van der Waals surface area (Å²) in [6, 6.07) is 6.47. The van der Waals surface area contributed by atoms with Gasteiger partial charge < -0.3 is 10.6 Å². The van der Waals surface area contributed by atoms with Crippen LogP contribution in [0.3, 0.4) is 0 Å². The molecule has 0 bridgehead atoms. The van der Waals surface area contributed by atoms with Crippen LogP contribution in [-0.4, -0.2) is 34.9 Å². The lowest BCUT2D eigenvalue weighted by Crippen LogP contribution is -2.45. The molecule has 1 aromatic heterocycles. The normalized spacial score (nSPS) is 22.2. The van der Waals surface area contributed by atoms with Crippen molar-refractivity contribution in [1.29, 1.82) is 0 Å². The molecule has 25 heavy (non-hydrogen) atoms. The molecule has 2 aromatic rings. The summed E-state index contributed by atoms with van der Waals surface area (Å²) in [6.07, 6.45) is 4.25. The van der Waals surface area contributed by atoms with Gasteiger partial charge in [0.2, 0.25) is 0 Å². The molecular weight excluding hydrogens is 317 g/mol. The number of nitrogens with two attached hydrogens (primary N) is 1. The number of pyridine rings is 1. The summed E-state index contributed by atoms with van der Waals surface area (Å²) >= 11 is 0. The standard InChI is InChI=1S/C20H24FN3O/c1-12(22)14-3-2-8-24(11-14)20(25)17-10-19(13-4-5-13)23-18-7-6-15(21)9-16(17)18/h6-7,9-10,12-14H,2-5,8,11,22H2,1H3. The van der Waals surface area contributed by atoms with Gasteiger partial charge in [-0.1, -0.05) is 0 Å². The number of carbonyl (C=O) groups excluding carboxylic acids is 1. The fourth-order valence-electron chi connectivity index (χ4n) is 3.78. The number of likely N-dealkylation sites (tertiary alicyclic amines) is 1. The average molecular weight is 341 g/mol. The van der Waals surface area contributed by atoms with Crippen molar-refractivity contribution < 1.29 is 9.18 Å². The van der Waals surface area contributed by atoms with Crippen molar-refractivity contribution >= 4 is 16.8 Å². The van der Waals surface area contributed by atoms with E-state index in [0.717, 1.165) is 37.9 Å². The molecule has 2 aliphatic rings. The van der Waals surface area contributed by atoms with E-state index in [1.165, 1.54) is 12.1 Å². The number of fused-ring (bicyclic) bond motifs is 1. The number of hydrogen-bond acceptors (Lipinski definition) is 3. The zero-order valence-corrected chi connectivity index (χ0v) is 14.5. The van der Waals surface area contributed by atoms with E-state index in [2.05, 4.69) is 4.98 Å². The van der Waals surface area contributed by atoms with Crippen LogP contribution in [0, 0.1) is 11.7 Å². The third-order valence-corrected chi connectivity index (χ3v) is 5.51. The SMILES string of the molecule is CC(N)C1CCCN(C(=O)c2cc(C3CC3)nc3ccc(F)cc23)C1. The lowest BCUT2D eigenvalue weighted by molar-refractivity contribution is 0.0663. The van der Waals surface area contributed by atoms with Crippen LogP contribution >= 0.6 is 0 Å². The molecule has 2 fully saturated rings. The number of nitrogens with zero attached hydrogens (tertiary/aromatic N) is 2. The largest absolute Gasteiger partial charge is 0.338 e. The van der Waals surface area contributed by atoms with Gasteiger partial charge in [0, 0.05) is 36.1 Å². The van der Waals surface area contributed by atoms with Gasteiger partial charge in [0.1, 0.15) is 5.82 Å². The number of carbonyl (C=O) groups is 1. The molecule has 0 spiro atoms. The topological polar surface area (TPSA) is 59.2 Å². The molecule has 132 valence electrons. The summed E-state index contributed by atoms with van der Waals surface area (Å²) in [4.78, 5) is 19.8. The quantitative estimate of drug-likeness (QED) is 0.930. The van der Waals surface area contributed by atoms with Gasteiger partial charge in [-0.05, 0) is 62.8 Å². The van der Waals surface area contributed by atoms with Crippen LogP contribution in [-0.2, 0) is 0 Å². The molecule has 1 aliphatic heterocycles. The summed E-state index contributed by atoms with van der Waals surface area (Å²) < 4.78 is 13.8. The highest BCUT2D eigenvalue weighted by molar-refractivity contribution is 6.06. The van der Waals surface area contributed by atoms with E-state index < -0.39 is 0 Å². The predicted molar refractivity (Wildman–Crippen MR) is 96.0 cm³/mol. The second-order valence-corrected chi connectivity index (χ2v) is 7.54. The third kappa shape index (κ3) is 3.25. The van der Waals surface area contributed by atoms with Gasteiger partial charge in [0.05, 0.1) is 11.1 Å². The number of piperidine rings is 1. The summed E-state index contributed by atoms with van der Waals surface area (Å²) in [5.41, 5.74) is 8.30. The fraction of sp³-hybridized carbons (Fsp3) is 0.500. The number of halogens is 1. The zero-order chi connectivity index (χ0) is 17.6. The van der Waals surface area contributed by atoms with Crippen molar-refractivity contribution in [2.24, 2.45) is 11.7 Å². The van der Waals surface area contributed by atoms with Crippen LogP contribution in [0.2, 0.25) is 0 Å². The Bertz CT molecular complexity index is 816. The van der Waals surface area contributed by atoms with Gasteiger partial charge in [-0.2, -0.15) is 0 Å². The van der Waals surface area contributed by atoms with Gasteiger partial charge >= 0.3 is 0 Å². The number of benzene rings is 1. The maximum absolute atomic E-state index is 13.8. The van der Waals surface area contributed by atoms with E-state index in [-0.39, 0.29) is 17.8 Å². The van der Waals surface area contributed by atoms with Crippen LogP contribution in [0.15, 0.2) is 24.3 Å². The number of hydrogen-bond donors (Lipinski definition) is 1. The predicted octanol–water partition coefficient (Wildman–Crippen LogP) is 3.45. The lowest BCUT2D eigenvalue weighted by Gasteiger charge is -2.35. The van der Waals surface area contributed by atoms with Crippen LogP contribution < -0.4 is 5.73 Å². The minimum Gasteiger partial charge on any atom is -0.338 e. The highest BCUT2D eigenvalue weighted by atomic mass is 19.1. The molecule has 1 aliphatic carbocycles. The Morgan fingerprint density at radius 1 is 1.32 bits per heavy atom. The first-order valence-electron chi connectivity index (χ1n) is 9.18. The molecule has 1 amide bonds. The third-order valence-electron chi connectivity index (χ3n) is 5.51. The van der Waals surface area contributed by atoms with Crippen molar-refractivity contribution in [3.8, 4) is 0 Å². The second-order valence-electron chi connectivity index (χ2n) is 7.54. The van der Waals surface area contributed by atoms with E-state index in [9.17, 15) is 9.18 Å². The first kappa shape index (κ1) is 16.5. The van der Waals surface area contributed by atoms with Crippen LogP contribution in [0.5, 0.6) is 0 Å². The van der Waals surface area contributed by atoms with Crippen molar-refractivity contribution in [2.75, 3.05) is 13.1 Å². The van der Waals surface area contributed by atoms with Gasteiger partial charge in [0.25, 0.3) is 5.91 Å². The van der Waals surface area contributed by atoms with Gasteiger partial charge in [-0.3, -0.25) is 9.78 Å².